The summed E-state index contributed by atoms with van der Waals surface area (Å²) in [6.45, 7) is 2.62. The first-order valence-electron chi connectivity index (χ1n) is 9.50. The number of rotatable bonds is 6. The van der Waals surface area contributed by atoms with Crippen LogP contribution in [0.4, 0.5) is 0 Å². The molecule has 0 bridgehead atoms. The maximum Gasteiger partial charge on any atom is 0.243 e. The fourth-order valence-electron chi connectivity index (χ4n) is 3.98. The molecule has 7 heteroatoms. The van der Waals surface area contributed by atoms with Crippen molar-refractivity contribution in [2.24, 2.45) is 5.92 Å². The molecule has 0 aromatic heterocycles. The predicted molar refractivity (Wildman–Crippen MR) is 111 cm³/mol. The van der Waals surface area contributed by atoms with Crippen molar-refractivity contribution < 1.29 is 17.9 Å². The average Bonchev–Trinajstić information content (AvgIpc) is 3.20. The number of fused-ring (bicyclic) bond motifs is 1. The number of allylic oxidation sites excluding steroid dienone is 1. The Labute approximate surface area is 176 Å². The maximum atomic E-state index is 13.3. The molecule has 2 aliphatic rings. The zero-order valence-corrected chi connectivity index (χ0v) is 17.6. The van der Waals surface area contributed by atoms with Crippen molar-refractivity contribution >= 4 is 27.4 Å². The van der Waals surface area contributed by atoms with E-state index < -0.39 is 16.1 Å². The molecule has 0 spiro atoms. The van der Waals surface area contributed by atoms with Gasteiger partial charge in [-0.15, -0.1) is 0 Å². The molecule has 1 heterocycles. The van der Waals surface area contributed by atoms with Crippen molar-refractivity contribution in [3.8, 4) is 0 Å². The first-order chi connectivity index (χ1) is 13.9. The zero-order chi connectivity index (χ0) is 20.6. The van der Waals surface area contributed by atoms with E-state index in [4.69, 9.17) is 16.3 Å². The lowest BCUT2D eigenvalue weighted by Crippen LogP contribution is -2.41. The highest BCUT2D eigenvalue weighted by Gasteiger charge is 2.49. The number of nitrogens with zero attached hydrogens (tertiary/aromatic N) is 1. The third kappa shape index (κ3) is 3.90. The van der Waals surface area contributed by atoms with Crippen LogP contribution in [-0.2, 0) is 26.2 Å². The molecule has 4 rings (SSSR count). The van der Waals surface area contributed by atoms with Crippen molar-refractivity contribution in [2.75, 3.05) is 13.2 Å². The molecule has 0 unspecified atom stereocenters. The molecule has 5 nitrogen and oxygen atoms in total. The number of halogens is 1. The van der Waals surface area contributed by atoms with Crippen LogP contribution in [0.25, 0.3) is 0 Å². The van der Waals surface area contributed by atoms with Gasteiger partial charge in [0.1, 0.15) is 0 Å². The highest BCUT2D eigenvalue weighted by atomic mass is 35.5. The number of ether oxygens (including phenoxy) is 1. The molecule has 2 aromatic carbocycles. The minimum Gasteiger partial charge on any atom is -0.375 e. The number of carbonyl (C=O) groups is 1. The SMILES string of the molecule is Cc1ccc(S(=O)(=O)N2CC3=C(Cl)C(=O)C[C@@H]3[C@H]2COCc2ccccc2)cc1. The zero-order valence-electron chi connectivity index (χ0n) is 16.0. The van der Waals surface area contributed by atoms with Gasteiger partial charge in [-0.25, -0.2) is 8.42 Å². The Morgan fingerprint density at radius 1 is 1.10 bits per heavy atom. The monoisotopic (exact) mass is 431 g/mol. The lowest BCUT2D eigenvalue weighted by atomic mass is 9.98. The summed E-state index contributed by atoms with van der Waals surface area (Å²) in [4.78, 5) is 12.3. The van der Waals surface area contributed by atoms with Crippen LogP contribution in [0.15, 0.2) is 70.1 Å². The fourth-order valence-corrected chi connectivity index (χ4v) is 5.88. The molecule has 0 amide bonds. The minimum absolute atomic E-state index is 0.118. The summed E-state index contributed by atoms with van der Waals surface area (Å²) in [5, 5.41) is 0.185. The third-order valence-corrected chi connectivity index (χ3v) is 7.91. The van der Waals surface area contributed by atoms with Crippen molar-refractivity contribution in [3.05, 3.63) is 76.3 Å². The molecule has 152 valence electrons. The lowest BCUT2D eigenvalue weighted by molar-refractivity contribution is -0.115. The van der Waals surface area contributed by atoms with Gasteiger partial charge in [-0.1, -0.05) is 59.6 Å². The van der Waals surface area contributed by atoms with Crippen LogP contribution < -0.4 is 0 Å². The summed E-state index contributed by atoms with van der Waals surface area (Å²) in [7, 11) is -3.73. The Kier molecular flexibility index (Phi) is 5.62. The van der Waals surface area contributed by atoms with E-state index in [1.807, 2.05) is 37.3 Å². The number of hydrogen-bond acceptors (Lipinski definition) is 4. The van der Waals surface area contributed by atoms with E-state index >= 15 is 0 Å². The second-order valence-electron chi connectivity index (χ2n) is 7.50. The van der Waals surface area contributed by atoms with E-state index in [2.05, 4.69) is 0 Å². The van der Waals surface area contributed by atoms with Gasteiger partial charge in [-0.2, -0.15) is 4.31 Å². The first-order valence-corrected chi connectivity index (χ1v) is 11.3. The van der Waals surface area contributed by atoms with Crippen LogP contribution in [0.2, 0.25) is 0 Å². The molecule has 1 aliphatic heterocycles. The van der Waals surface area contributed by atoms with Gasteiger partial charge in [0.25, 0.3) is 0 Å². The van der Waals surface area contributed by atoms with Crippen molar-refractivity contribution in [1.29, 1.82) is 0 Å². The summed E-state index contributed by atoms with van der Waals surface area (Å²) in [5.41, 5.74) is 2.71. The molecule has 29 heavy (non-hydrogen) atoms. The quantitative estimate of drug-likeness (QED) is 0.700. The summed E-state index contributed by atoms with van der Waals surface area (Å²) in [6.07, 6.45) is 0.230. The van der Waals surface area contributed by atoms with Gasteiger partial charge < -0.3 is 4.74 Å². The highest BCUT2D eigenvalue weighted by molar-refractivity contribution is 7.89. The number of ketones is 1. The minimum atomic E-state index is -3.73. The molecule has 1 aliphatic carbocycles. The van der Waals surface area contributed by atoms with Gasteiger partial charge >= 0.3 is 0 Å². The summed E-state index contributed by atoms with van der Waals surface area (Å²) in [5.74, 6) is -0.349. The second kappa shape index (κ2) is 8.03. The van der Waals surface area contributed by atoms with Gasteiger partial charge in [-0.05, 0) is 30.2 Å². The number of aryl methyl sites for hydroxylation is 1. The standard InChI is InChI=1S/C22H22ClNO4S/c1-15-7-9-17(10-8-15)29(26,27)24-12-19-18(11-21(25)22(19)23)20(24)14-28-13-16-5-3-2-4-6-16/h2-10,18,20H,11-14H2,1H3/t18-,20+/m0/s1. The molecular weight excluding hydrogens is 410 g/mol. The van der Waals surface area contributed by atoms with E-state index in [-0.39, 0.29) is 41.2 Å². The topological polar surface area (TPSA) is 63.7 Å². The Hall–Kier alpha value is -1.99. The number of sulfonamides is 1. The van der Waals surface area contributed by atoms with Crippen LogP contribution in [0.1, 0.15) is 17.5 Å². The molecule has 0 saturated carbocycles. The summed E-state index contributed by atoms with van der Waals surface area (Å²) < 4.78 is 34.0. The number of benzene rings is 2. The van der Waals surface area contributed by atoms with Crippen molar-refractivity contribution in [2.45, 2.75) is 30.9 Å². The molecule has 0 N–H and O–H groups in total. The summed E-state index contributed by atoms with van der Waals surface area (Å²) in [6, 6.07) is 16.0. The van der Waals surface area contributed by atoms with Crippen molar-refractivity contribution in [3.63, 3.8) is 0 Å². The Balaban J connectivity index is 1.60. The normalized spacial score (nSPS) is 22.3. The van der Waals surface area contributed by atoms with Crippen LogP contribution in [0, 0.1) is 12.8 Å². The Morgan fingerprint density at radius 2 is 1.79 bits per heavy atom. The summed E-state index contributed by atoms with van der Waals surface area (Å²) >= 11 is 6.21. The fraction of sp³-hybridized carbons (Fsp3) is 0.318. The number of Topliss-reactive ketones (excluding diaryl/α,β-unsaturated/α-hetero) is 1. The Morgan fingerprint density at radius 3 is 2.48 bits per heavy atom. The van der Waals surface area contributed by atoms with E-state index in [9.17, 15) is 13.2 Å². The molecule has 2 aromatic rings. The van der Waals surface area contributed by atoms with Crippen LogP contribution in [0.5, 0.6) is 0 Å². The van der Waals surface area contributed by atoms with Crippen LogP contribution in [0.3, 0.4) is 0 Å². The third-order valence-electron chi connectivity index (χ3n) is 5.57. The predicted octanol–water partition coefficient (Wildman–Crippen LogP) is 3.67. The van der Waals surface area contributed by atoms with Crippen molar-refractivity contribution in [1.82, 2.24) is 4.31 Å². The lowest BCUT2D eigenvalue weighted by Gasteiger charge is -2.26. The van der Waals surface area contributed by atoms with E-state index in [0.29, 0.717) is 12.2 Å². The number of hydrogen-bond donors (Lipinski definition) is 0. The highest BCUT2D eigenvalue weighted by Crippen LogP contribution is 2.43. The molecule has 1 fully saturated rings. The molecule has 1 saturated heterocycles. The number of carbonyl (C=O) groups excluding carboxylic acids is 1. The first kappa shape index (κ1) is 20.3. The maximum absolute atomic E-state index is 13.3. The second-order valence-corrected chi connectivity index (χ2v) is 9.77. The van der Waals surface area contributed by atoms with Gasteiger partial charge in [0, 0.05) is 18.9 Å². The van der Waals surface area contributed by atoms with Gasteiger partial charge in [0.2, 0.25) is 10.0 Å². The van der Waals surface area contributed by atoms with Gasteiger partial charge in [0.15, 0.2) is 5.78 Å². The van der Waals surface area contributed by atoms with Gasteiger partial charge in [-0.3, -0.25) is 4.79 Å². The van der Waals surface area contributed by atoms with Crippen LogP contribution in [-0.4, -0.2) is 37.7 Å². The smallest absolute Gasteiger partial charge is 0.243 e. The molecule has 2 atom stereocenters. The Bertz CT molecular complexity index is 1050. The van der Waals surface area contributed by atoms with Crippen LogP contribution >= 0.6 is 11.6 Å². The van der Waals surface area contributed by atoms with Gasteiger partial charge in [0.05, 0.1) is 29.2 Å². The molecule has 0 radical (unpaired) electrons. The average molecular weight is 432 g/mol. The largest absolute Gasteiger partial charge is 0.375 e. The molecular formula is C22H22ClNO4S. The van der Waals surface area contributed by atoms with E-state index in [0.717, 1.165) is 11.1 Å². The van der Waals surface area contributed by atoms with E-state index in [1.165, 1.54) is 4.31 Å². The van der Waals surface area contributed by atoms with E-state index in [1.54, 1.807) is 24.3 Å².